The molecule has 0 spiro atoms. The van der Waals surface area contributed by atoms with E-state index in [4.69, 9.17) is 5.53 Å². The molecule has 1 aliphatic heterocycles. The van der Waals surface area contributed by atoms with Crippen LogP contribution < -0.4 is 0 Å². The minimum absolute atomic E-state index is 0.0501. The molecular formula is C8H14N4OS. The van der Waals surface area contributed by atoms with E-state index < -0.39 is 0 Å². The molecule has 0 aromatic rings. The first-order valence-corrected chi connectivity index (χ1v) is 5.83. The monoisotopic (exact) mass is 214 g/mol. The van der Waals surface area contributed by atoms with Crippen LogP contribution in [0.3, 0.4) is 0 Å². The van der Waals surface area contributed by atoms with Crippen molar-refractivity contribution in [2.75, 3.05) is 24.6 Å². The fourth-order valence-corrected chi connectivity index (χ4v) is 2.81. The van der Waals surface area contributed by atoms with Crippen molar-refractivity contribution in [3.63, 3.8) is 0 Å². The zero-order valence-corrected chi connectivity index (χ0v) is 9.03. The minimum atomic E-state index is -0.0576. The Bertz CT molecular complexity index is 246. The summed E-state index contributed by atoms with van der Waals surface area (Å²) in [5, 5.41) is 3.29. The number of rotatable bonds is 4. The molecular weight excluding hydrogens is 200 g/mol. The number of carbonyl (C=O) groups excluding carboxylic acids is 1. The van der Waals surface area contributed by atoms with Gasteiger partial charge in [0.15, 0.2) is 0 Å². The number of amides is 1. The predicted octanol–water partition coefficient (Wildman–Crippen LogP) is 1.65. The fourth-order valence-electron chi connectivity index (χ4n) is 1.59. The van der Waals surface area contributed by atoms with Gasteiger partial charge in [0.2, 0.25) is 5.91 Å². The zero-order valence-electron chi connectivity index (χ0n) is 8.22. The van der Waals surface area contributed by atoms with Gasteiger partial charge < -0.3 is 4.90 Å². The molecule has 1 fully saturated rings. The minimum Gasteiger partial charge on any atom is -0.339 e. The molecule has 6 heteroatoms. The second-order valence-corrected chi connectivity index (χ2v) is 4.24. The number of azide groups is 1. The molecule has 1 rings (SSSR count). The standard InChI is InChI=1S/C8H14N4OS/c1-2-12(7-3-4-14-6-7)8(13)5-10-11-9/h7H,2-6H2,1H3/t7-/m1/s1. The second kappa shape index (κ2) is 5.78. The van der Waals surface area contributed by atoms with Gasteiger partial charge in [-0.3, -0.25) is 4.79 Å². The van der Waals surface area contributed by atoms with Crippen molar-refractivity contribution in [3.8, 4) is 0 Å². The molecule has 0 aromatic heterocycles. The number of hydrogen-bond donors (Lipinski definition) is 0. The van der Waals surface area contributed by atoms with Crippen LogP contribution >= 0.6 is 11.8 Å². The Morgan fingerprint density at radius 3 is 3.07 bits per heavy atom. The normalized spacial score (nSPS) is 20.2. The zero-order chi connectivity index (χ0) is 10.4. The lowest BCUT2D eigenvalue weighted by atomic mass is 10.2. The first-order chi connectivity index (χ1) is 6.79. The second-order valence-electron chi connectivity index (χ2n) is 3.09. The van der Waals surface area contributed by atoms with Crippen LogP contribution in [0.15, 0.2) is 5.11 Å². The van der Waals surface area contributed by atoms with E-state index in [9.17, 15) is 4.79 Å². The number of nitrogens with zero attached hydrogens (tertiary/aromatic N) is 4. The number of thioether (sulfide) groups is 1. The van der Waals surface area contributed by atoms with Crippen molar-refractivity contribution in [3.05, 3.63) is 10.4 Å². The Balaban J connectivity index is 2.51. The van der Waals surface area contributed by atoms with Crippen LogP contribution in [0, 0.1) is 0 Å². The molecule has 0 bridgehead atoms. The van der Waals surface area contributed by atoms with E-state index in [2.05, 4.69) is 10.0 Å². The van der Waals surface area contributed by atoms with Crippen LogP contribution in [0.4, 0.5) is 0 Å². The third-order valence-electron chi connectivity index (χ3n) is 2.28. The van der Waals surface area contributed by atoms with Gasteiger partial charge in [0, 0.05) is 23.3 Å². The average Bonchev–Trinajstić information content (AvgIpc) is 2.69. The fraction of sp³-hybridized carbons (Fsp3) is 0.875. The third-order valence-corrected chi connectivity index (χ3v) is 3.42. The molecule has 1 amide bonds. The van der Waals surface area contributed by atoms with Crippen LogP contribution in [0.2, 0.25) is 0 Å². The topological polar surface area (TPSA) is 69.1 Å². The van der Waals surface area contributed by atoms with Crippen molar-refractivity contribution >= 4 is 17.7 Å². The van der Waals surface area contributed by atoms with E-state index in [1.807, 2.05) is 23.6 Å². The van der Waals surface area contributed by atoms with E-state index in [0.717, 1.165) is 17.9 Å². The lowest BCUT2D eigenvalue weighted by Crippen LogP contribution is -2.41. The lowest BCUT2D eigenvalue weighted by molar-refractivity contribution is -0.131. The Kier molecular flexibility index (Phi) is 4.62. The van der Waals surface area contributed by atoms with Crippen LogP contribution in [-0.4, -0.2) is 41.4 Å². The van der Waals surface area contributed by atoms with E-state index in [1.165, 1.54) is 0 Å². The molecule has 0 radical (unpaired) electrons. The summed E-state index contributed by atoms with van der Waals surface area (Å²) in [6, 6.07) is 0.339. The Hall–Kier alpha value is -0.870. The highest BCUT2D eigenvalue weighted by Gasteiger charge is 2.24. The number of likely N-dealkylation sites (N-methyl/N-ethyl adjacent to an activating group) is 1. The largest absolute Gasteiger partial charge is 0.339 e. The predicted molar refractivity (Wildman–Crippen MR) is 57.1 cm³/mol. The molecule has 0 N–H and O–H groups in total. The Labute approximate surface area is 87.5 Å². The summed E-state index contributed by atoms with van der Waals surface area (Å²) in [6.45, 7) is 2.60. The van der Waals surface area contributed by atoms with Gasteiger partial charge in [-0.2, -0.15) is 11.8 Å². The first kappa shape index (κ1) is 11.2. The van der Waals surface area contributed by atoms with E-state index in [0.29, 0.717) is 12.6 Å². The highest BCUT2D eigenvalue weighted by Crippen LogP contribution is 2.22. The SMILES string of the molecule is CCN(C(=O)CN=[N+]=[N-])[C@@H]1CCSC1. The van der Waals surface area contributed by atoms with Gasteiger partial charge in [-0.05, 0) is 24.6 Å². The molecule has 1 heterocycles. The number of hydrogen-bond acceptors (Lipinski definition) is 3. The van der Waals surface area contributed by atoms with E-state index >= 15 is 0 Å². The molecule has 1 saturated heterocycles. The van der Waals surface area contributed by atoms with Crippen molar-refractivity contribution in [1.82, 2.24) is 4.90 Å². The number of carbonyl (C=O) groups is 1. The van der Waals surface area contributed by atoms with E-state index in [-0.39, 0.29) is 12.5 Å². The van der Waals surface area contributed by atoms with Gasteiger partial charge in [0.1, 0.15) is 6.54 Å². The summed E-state index contributed by atoms with van der Waals surface area (Å²) in [7, 11) is 0. The van der Waals surface area contributed by atoms with E-state index in [1.54, 1.807) is 0 Å². The maximum Gasteiger partial charge on any atom is 0.228 e. The van der Waals surface area contributed by atoms with Gasteiger partial charge in [-0.1, -0.05) is 5.11 Å². The van der Waals surface area contributed by atoms with Crippen molar-refractivity contribution in [2.24, 2.45) is 5.11 Å². The lowest BCUT2D eigenvalue weighted by Gasteiger charge is -2.26. The summed E-state index contributed by atoms with van der Waals surface area (Å²) < 4.78 is 0. The van der Waals surface area contributed by atoms with Crippen molar-refractivity contribution in [1.29, 1.82) is 0 Å². The van der Waals surface area contributed by atoms with Gasteiger partial charge in [0.05, 0.1) is 0 Å². The summed E-state index contributed by atoms with van der Waals surface area (Å²) in [6.07, 6.45) is 1.06. The molecule has 5 nitrogen and oxygen atoms in total. The highest BCUT2D eigenvalue weighted by molar-refractivity contribution is 7.99. The molecule has 0 aliphatic carbocycles. The van der Waals surface area contributed by atoms with Crippen molar-refractivity contribution < 1.29 is 4.79 Å². The highest BCUT2D eigenvalue weighted by atomic mass is 32.2. The maximum absolute atomic E-state index is 11.6. The third kappa shape index (κ3) is 2.82. The van der Waals surface area contributed by atoms with Crippen LogP contribution in [0.5, 0.6) is 0 Å². The molecule has 14 heavy (non-hydrogen) atoms. The molecule has 1 aliphatic rings. The molecule has 0 unspecified atom stereocenters. The smallest absolute Gasteiger partial charge is 0.228 e. The molecule has 0 saturated carbocycles. The Morgan fingerprint density at radius 2 is 2.57 bits per heavy atom. The van der Waals surface area contributed by atoms with Gasteiger partial charge in [0.25, 0.3) is 0 Å². The summed E-state index contributed by atoms with van der Waals surface area (Å²) in [4.78, 5) is 16.0. The molecule has 1 atom stereocenters. The Morgan fingerprint density at radius 1 is 1.79 bits per heavy atom. The van der Waals surface area contributed by atoms with Crippen LogP contribution in [0.1, 0.15) is 13.3 Å². The first-order valence-electron chi connectivity index (χ1n) is 4.67. The quantitative estimate of drug-likeness (QED) is 0.405. The van der Waals surface area contributed by atoms with Crippen molar-refractivity contribution in [2.45, 2.75) is 19.4 Å². The summed E-state index contributed by atoms with van der Waals surface area (Å²) >= 11 is 1.87. The molecule has 78 valence electrons. The van der Waals surface area contributed by atoms with Gasteiger partial charge in [-0.25, -0.2) is 0 Å². The van der Waals surface area contributed by atoms with Gasteiger partial charge >= 0.3 is 0 Å². The maximum atomic E-state index is 11.6. The van der Waals surface area contributed by atoms with Crippen LogP contribution in [0.25, 0.3) is 10.4 Å². The summed E-state index contributed by atoms with van der Waals surface area (Å²) in [5.74, 6) is 2.07. The van der Waals surface area contributed by atoms with Crippen LogP contribution in [-0.2, 0) is 4.79 Å². The molecule has 0 aromatic carbocycles. The summed E-state index contributed by atoms with van der Waals surface area (Å²) in [5.41, 5.74) is 8.12. The average molecular weight is 214 g/mol. The van der Waals surface area contributed by atoms with Gasteiger partial charge in [-0.15, -0.1) is 0 Å².